The summed E-state index contributed by atoms with van der Waals surface area (Å²) in [5, 5.41) is 14.8. The Balaban J connectivity index is 1.50. The van der Waals surface area contributed by atoms with Crippen LogP contribution in [0.2, 0.25) is 0 Å². The van der Waals surface area contributed by atoms with Crippen LogP contribution in [0.3, 0.4) is 0 Å². The average molecular weight is 329 g/mol. The van der Waals surface area contributed by atoms with E-state index in [0.717, 1.165) is 12.1 Å². The summed E-state index contributed by atoms with van der Waals surface area (Å²) in [6, 6.07) is 10.9. The Morgan fingerprint density at radius 3 is 2.87 bits per heavy atom. The lowest BCUT2D eigenvalue weighted by Gasteiger charge is -2.22. The summed E-state index contributed by atoms with van der Waals surface area (Å²) in [6.45, 7) is 1.66. The molecule has 1 saturated heterocycles. The number of benzene rings is 1. The standard InChI is InChI=1S/C16H16FN5S/c17-13-7-5-12(6-8-13)16-18-20-22(19-16)11-21-9-1-3-14(21)15-4-2-10-23-15/h2,4-8,10,14H,1,3,9,11H2/t14-/m1/s1. The zero-order chi connectivity index (χ0) is 15.6. The highest BCUT2D eigenvalue weighted by atomic mass is 32.1. The molecule has 2 aromatic heterocycles. The van der Waals surface area contributed by atoms with Crippen LogP contribution in [0, 0.1) is 5.82 Å². The molecule has 3 aromatic rings. The van der Waals surface area contributed by atoms with Gasteiger partial charge in [-0.25, -0.2) is 4.39 Å². The summed E-state index contributed by atoms with van der Waals surface area (Å²) in [6.07, 6.45) is 2.35. The zero-order valence-corrected chi connectivity index (χ0v) is 13.3. The van der Waals surface area contributed by atoms with Gasteiger partial charge in [-0.05, 0) is 53.8 Å². The molecule has 0 aliphatic carbocycles. The Bertz CT molecular complexity index is 768. The van der Waals surface area contributed by atoms with Gasteiger partial charge in [0, 0.05) is 23.0 Å². The molecule has 118 valence electrons. The van der Waals surface area contributed by atoms with E-state index in [-0.39, 0.29) is 5.82 Å². The van der Waals surface area contributed by atoms with Crippen molar-refractivity contribution in [3.63, 3.8) is 0 Å². The van der Waals surface area contributed by atoms with E-state index in [0.29, 0.717) is 18.5 Å². The Morgan fingerprint density at radius 2 is 2.09 bits per heavy atom. The van der Waals surface area contributed by atoms with E-state index in [4.69, 9.17) is 0 Å². The van der Waals surface area contributed by atoms with E-state index in [2.05, 4.69) is 37.8 Å². The topological polar surface area (TPSA) is 46.8 Å². The van der Waals surface area contributed by atoms with Crippen LogP contribution in [0.1, 0.15) is 23.8 Å². The number of tetrazole rings is 1. The molecule has 1 aliphatic heterocycles. The van der Waals surface area contributed by atoms with Gasteiger partial charge in [0.15, 0.2) is 0 Å². The van der Waals surface area contributed by atoms with Gasteiger partial charge in [-0.2, -0.15) is 0 Å². The van der Waals surface area contributed by atoms with Gasteiger partial charge < -0.3 is 0 Å². The van der Waals surface area contributed by atoms with E-state index >= 15 is 0 Å². The lowest BCUT2D eigenvalue weighted by molar-refractivity contribution is 0.179. The lowest BCUT2D eigenvalue weighted by Crippen LogP contribution is -2.27. The van der Waals surface area contributed by atoms with Crippen molar-refractivity contribution >= 4 is 11.3 Å². The molecule has 0 unspecified atom stereocenters. The predicted molar refractivity (Wildman–Crippen MR) is 86.2 cm³/mol. The molecule has 3 heterocycles. The molecule has 5 nitrogen and oxygen atoms in total. The smallest absolute Gasteiger partial charge is 0.204 e. The van der Waals surface area contributed by atoms with E-state index in [1.54, 1.807) is 28.3 Å². The molecule has 0 N–H and O–H groups in total. The third-order valence-electron chi connectivity index (χ3n) is 4.10. The minimum absolute atomic E-state index is 0.267. The fourth-order valence-corrected chi connectivity index (χ4v) is 3.87. The number of hydrogen-bond acceptors (Lipinski definition) is 5. The molecule has 0 saturated carbocycles. The summed E-state index contributed by atoms with van der Waals surface area (Å²) in [4.78, 5) is 5.38. The summed E-state index contributed by atoms with van der Waals surface area (Å²) < 4.78 is 13.0. The van der Waals surface area contributed by atoms with Crippen LogP contribution in [0.25, 0.3) is 11.4 Å². The number of nitrogens with zero attached hydrogens (tertiary/aromatic N) is 5. The van der Waals surface area contributed by atoms with Gasteiger partial charge in [-0.1, -0.05) is 6.07 Å². The number of thiophene rings is 1. The third-order valence-corrected chi connectivity index (χ3v) is 5.07. The number of hydrogen-bond donors (Lipinski definition) is 0. The summed E-state index contributed by atoms with van der Waals surface area (Å²) in [5.74, 6) is 0.258. The van der Waals surface area contributed by atoms with E-state index in [1.807, 2.05) is 0 Å². The average Bonchev–Trinajstić information content (AvgIpc) is 3.29. The van der Waals surface area contributed by atoms with E-state index in [1.165, 1.54) is 29.9 Å². The first-order valence-electron chi connectivity index (χ1n) is 7.61. The van der Waals surface area contributed by atoms with Gasteiger partial charge in [0.2, 0.25) is 5.82 Å². The second-order valence-corrected chi connectivity index (χ2v) is 6.60. The molecule has 7 heteroatoms. The highest BCUT2D eigenvalue weighted by Crippen LogP contribution is 2.34. The molecule has 1 atom stereocenters. The fraction of sp³-hybridized carbons (Fsp3) is 0.312. The van der Waals surface area contributed by atoms with Gasteiger partial charge in [0.1, 0.15) is 12.5 Å². The SMILES string of the molecule is Fc1ccc(-c2nnn(CN3CCC[C@@H]3c3cccs3)n2)cc1. The predicted octanol–water partition coefficient (Wildman–Crippen LogP) is 3.34. The second-order valence-electron chi connectivity index (χ2n) is 5.62. The number of likely N-dealkylation sites (tertiary alicyclic amines) is 1. The number of aromatic nitrogens is 4. The van der Waals surface area contributed by atoms with Crippen molar-refractivity contribution in [2.24, 2.45) is 0 Å². The van der Waals surface area contributed by atoms with Gasteiger partial charge in [-0.3, -0.25) is 4.90 Å². The first-order valence-corrected chi connectivity index (χ1v) is 8.49. The quantitative estimate of drug-likeness (QED) is 0.736. The van der Waals surface area contributed by atoms with Crippen molar-refractivity contribution in [2.75, 3.05) is 6.54 Å². The monoisotopic (exact) mass is 329 g/mol. The number of rotatable bonds is 4. The molecule has 23 heavy (non-hydrogen) atoms. The summed E-state index contributed by atoms with van der Waals surface area (Å²) in [5.41, 5.74) is 0.772. The van der Waals surface area contributed by atoms with Crippen molar-refractivity contribution in [1.29, 1.82) is 0 Å². The highest BCUT2D eigenvalue weighted by molar-refractivity contribution is 7.10. The molecule has 1 aliphatic rings. The van der Waals surface area contributed by atoms with Crippen molar-refractivity contribution in [1.82, 2.24) is 25.1 Å². The maximum atomic E-state index is 13.0. The van der Waals surface area contributed by atoms with Gasteiger partial charge in [0.05, 0.1) is 0 Å². The first-order chi connectivity index (χ1) is 11.3. The normalized spacial score (nSPS) is 18.6. The molecule has 0 amide bonds. The number of halogens is 1. The molecule has 0 bridgehead atoms. The molecule has 4 rings (SSSR count). The molecular formula is C16H16FN5S. The molecule has 0 radical (unpaired) electrons. The van der Waals surface area contributed by atoms with Crippen LogP contribution in [0.5, 0.6) is 0 Å². The maximum Gasteiger partial charge on any atom is 0.204 e. The van der Waals surface area contributed by atoms with Crippen LogP contribution < -0.4 is 0 Å². The van der Waals surface area contributed by atoms with Crippen LogP contribution in [-0.4, -0.2) is 31.7 Å². The fourth-order valence-electron chi connectivity index (χ4n) is 2.98. The Kier molecular flexibility index (Phi) is 3.88. The van der Waals surface area contributed by atoms with Crippen molar-refractivity contribution in [3.8, 4) is 11.4 Å². The molecular weight excluding hydrogens is 313 g/mol. The third kappa shape index (κ3) is 3.02. The summed E-state index contributed by atoms with van der Waals surface area (Å²) >= 11 is 1.80. The van der Waals surface area contributed by atoms with Crippen molar-refractivity contribution in [2.45, 2.75) is 25.6 Å². The van der Waals surface area contributed by atoms with Gasteiger partial charge in [0.25, 0.3) is 0 Å². The van der Waals surface area contributed by atoms with Crippen molar-refractivity contribution in [3.05, 3.63) is 52.5 Å². The highest BCUT2D eigenvalue weighted by Gasteiger charge is 2.27. The van der Waals surface area contributed by atoms with Crippen LogP contribution >= 0.6 is 11.3 Å². The second kappa shape index (κ2) is 6.17. The van der Waals surface area contributed by atoms with Crippen LogP contribution in [0.15, 0.2) is 41.8 Å². The first kappa shape index (κ1) is 14.5. The van der Waals surface area contributed by atoms with Gasteiger partial charge >= 0.3 is 0 Å². The Morgan fingerprint density at radius 1 is 1.22 bits per heavy atom. The van der Waals surface area contributed by atoms with E-state index in [9.17, 15) is 4.39 Å². The summed E-state index contributed by atoms with van der Waals surface area (Å²) in [7, 11) is 0. The maximum absolute atomic E-state index is 13.0. The van der Waals surface area contributed by atoms with Gasteiger partial charge in [-0.15, -0.1) is 26.3 Å². The molecule has 1 fully saturated rings. The van der Waals surface area contributed by atoms with Crippen LogP contribution in [0.4, 0.5) is 4.39 Å². The largest absolute Gasteiger partial charge is 0.275 e. The van der Waals surface area contributed by atoms with Crippen molar-refractivity contribution < 1.29 is 4.39 Å². The molecule has 0 spiro atoms. The molecule has 1 aromatic carbocycles. The Hall–Kier alpha value is -2.12. The van der Waals surface area contributed by atoms with Crippen LogP contribution in [-0.2, 0) is 6.67 Å². The lowest BCUT2D eigenvalue weighted by atomic mass is 10.2. The Labute approximate surface area is 137 Å². The zero-order valence-electron chi connectivity index (χ0n) is 12.5. The minimum atomic E-state index is -0.267. The minimum Gasteiger partial charge on any atom is -0.275 e. The van der Waals surface area contributed by atoms with E-state index < -0.39 is 0 Å².